The number of nitro groups is 1. The quantitative estimate of drug-likeness (QED) is 0.423. The van der Waals surface area contributed by atoms with E-state index in [4.69, 9.17) is 9.47 Å². The maximum atomic E-state index is 13.4. The number of rotatable bonds is 6. The molecule has 4 rings (SSSR count). The van der Waals surface area contributed by atoms with E-state index in [0.717, 1.165) is 39.6 Å². The zero-order valence-electron chi connectivity index (χ0n) is 18.3. The van der Waals surface area contributed by atoms with Crippen LogP contribution in [0, 0.1) is 10.1 Å². The Balaban J connectivity index is 1.75. The molecule has 0 bridgehead atoms. The molecule has 1 aliphatic rings. The molecule has 0 N–H and O–H groups in total. The number of hydrogen-bond donors (Lipinski definition) is 0. The molecule has 1 atom stereocenters. The number of carbonyl (C=O) groups is 1. The highest BCUT2D eigenvalue weighted by Crippen LogP contribution is 2.41. The summed E-state index contributed by atoms with van der Waals surface area (Å²) in [5.74, 6) is 0.860. The smallest absolute Gasteiger partial charge is 0.285 e. The summed E-state index contributed by atoms with van der Waals surface area (Å²) >= 11 is 0. The molecule has 1 aliphatic heterocycles. The van der Waals surface area contributed by atoms with Crippen molar-refractivity contribution in [2.75, 3.05) is 20.8 Å². The van der Waals surface area contributed by atoms with Crippen LogP contribution < -0.4 is 15.0 Å². The molecule has 9 nitrogen and oxygen atoms in total. The molecule has 0 saturated carbocycles. The third-order valence-corrected chi connectivity index (χ3v) is 5.79. The van der Waals surface area contributed by atoms with Crippen LogP contribution >= 0.6 is 0 Å². The Kier molecular flexibility index (Phi) is 6.12. The summed E-state index contributed by atoms with van der Waals surface area (Å²) in [5.41, 5.74) is 2.13. The maximum Gasteiger partial charge on any atom is 0.285 e. The normalized spacial score (nSPS) is 15.0. The first kappa shape index (κ1) is 22.1. The van der Waals surface area contributed by atoms with Gasteiger partial charge in [-0.05, 0) is 35.2 Å². The highest BCUT2D eigenvalue weighted by Gasteiger charge is 2.33. The summed E-state index contributed by atoms with van der Waals surface area (Å²) in [6.45, 7) is 0.122. The van der Waals surface area contributed by atoms with Crippen LogP contribution in [-0.2, 0) is 17.8 Å². The van der Waals surface area contributed by atoms with Crippen molar-refractivity contribution in [3.05, 3.63) is 98.0 Å². The number of nitrogens with zero attached hydrogens (tertiary/aromatic N) is 3. The number of amides is 1. The molecule has 0 saturated heterocycles. The Morgan fingerprint density at radius 2 is 1.79 bits per heavy atom. The van der Waals surface area contributed by atoms with Gasteiger partial charge in [0, 0.05) is 18.7 Å². The van der Waals surface area contributed by atoms with Gasteiger partial charge in [-0.3, -0.25) is 24.3 Å². The van der Waals surface area contributed by atoms with Gasteiger partial charge < -0.3 is 14.4 Å². The highest BCUT2D eigenvalue weighted by molar-refractivity contribution is 5.78. The Morgan fingerprint density at radius 3 is 2.45 bits per heavy atom. The van der Waals surface area contributed by atoms with Crippen molar-refractivity contribution in [2.24, 2.45) is 0 Å². The number of carbonyl (C=O) groups excluding carboxylic acids is 1. The summed E-state index contributed by atoms with van der Waals surface area (Å²) in [6, 6.07) is 15.2. The van der Waals surface area contributed by atoms with Crippen LogP contribution in [-0.4, -0.2) is 41.1 Å². The van der Waals surface area contributed by atoms with E-state index in [2.05, 4.69) is 0 Å². The van der Waals surface area contributed by atoms with Crippen molar-refractivity contribution in [1.82, 2.24) is 9.47 Å². The van der Waals surface area contributed by atoms with Gasteiger partial charge in [-0.2, -0.15) is 0 Å². The van der Waals surface area contributed by atoms with Crippen LogP contribution in [0.2, 0.25) is 0 Å². The van der Waals surface area contributed by atoms with Crippen molar-refractivity contribution in [1.29, 1.82) is 0 Å². The van der Waals surface area contributed by atoms with Crippen molar-refractivity contribution in [3.8, 4) is 11.5 Å². The number of fused-ring (bicyclic) bond motifs is 1. The minimum atomic E-state index is -0.593. The SMILES string of the molecule is COc1cc2c(cc1OC)[C@H](c1ccccc1)N(C(=O)Cn1cc([N+](=O)[O-])ccc1=O)CC2. The standard InChI is InChI=1S/C24H23N3O6/c1-32-20-12-17-10-11-26(23(29)15-25-14-18(27(30)31)8-9-22(25)28)24(16-6-4-3-5-7-16)19(17)13-21(20)33-2/h3-9,12-14,24H,10-11,15H2,1-2H3/t24-/m0/s1. The van der Waals surface area contributed by atoms with Gasteiger partial charge >= 0.3 is 0 Å². The molecule has 0 spiro atoms. The molecule has 0 radical (unpaired) electrons. The summed E-state index contributed by atoms with van der Waals surface area (Å²) in [5, 5.41) is 11.1. The second-order valence-electron chi connectivity index (χ2n) is 7.67. The summed E-state index contributed by atoms with van der Waals surface area (Å²) < 4.78 is 12.0. The van der Waals surface area contributed by atoms with Crippen LogP contribution in [0.3, 0.4) is 0 Å². The fourth-order valence-electron chi connectivity index (χ4n) is 4.20. The lowest BCUT2D eigenvalue weighted by Crippen LogP contribution is -2.43. The summed E-state index contributed by atoms with van der Waals surface area (Å²) in [7, 11) is 3.14. The average molecular weight is 449 g/mol. The summed E-state index contributed by atoms with van der Waals surface area (Å²) in [4.78, 5) is 37.9. The van der Waals surface area contributed by atoms with Crippen LogP contribution in [0.15, 0.2) is 65.6 Å². The molecule has 1 amide bonds. The van der Waals surface area contributed by atoms with Crippen LogP contribution in [0.5, 0.6) is 11.5 Å². The average Bonchev–Trinajstić information content (AvgIpc) is 2.83. The fourth-order valence-corrected chi connectivity index (χ4v) is 4.20. The molecule has 170 valence electrons. The number of ether oxygens (including phenoxy) is 2. The molecule has 0 unspecified atom stereocenters. The maximum absolute atomic E-state index is 13.4. The second-order valence-corrected chi connectivity index (χ2v) is 7.67. The Morgan fingerprint density at radius 1 is 1.09 bits per heavy atom. The molecular weight excluding hydrogens is 426 g/mol. The van der Waals surface area contributed by atoms with E-state index in [0.29, 0.717) is 24.5 Å². The number of benzene rings is 2. The first-order chi connectivity index (χ1) is 15.9. The minimum absolute atomic E-state index is 0.247. The van der Waals surface area contributed by atoms with E-state index in [-0.39, 0.29) is 18.1 Å². The fraction of sp³-hybridized carbons (Fsp3) is 0.250. The second kappa shape index (κ2) is 9.15. The number of hydrogen-bond acceptors (Lipinski definition) is 6. The van der Waals surface area contributed by atoms with Gasteiger partial charge in [0.2, 0.25) is 5.91 Å². The molecule has 0 fully saturated rings. The van der Waals surface area contributed by atoms with Gasteiger partial charge in [0.05, 0.1) is 31.4 Å². The topological polar surface area (TPSA) is 104 Å². The van der Waals surface area contributed by atoms with Crippen molar-refractivity contribution >= 4 is 11.6 Å². The lowest BCUT2D eigenvalue weighted by molar-refractivity contribution is -0.385. The zero-order valence-corrected chi connectivity index (χ0v) is 18.3. The van der Waals surface area contributed by atoms with E-state index in [1.807, 2.05) is 42.5 Å². The summed E-state index contributed by atoms with van der Waals surface area (Å²) in [6.07, 6.45) is 1.69. The Labute approximate surface area is 189 Å². The van der Waals surface area contributed by atoms with Gasteiger partial charge in [0.15, 0.2) is 11.5 Å². The van der Waals surface area contributed by atoms with Crippen molar-refractivity contribution in [3.63, 3.8) is 0 Å². The molecule has 3 aromatic rings. The van der Waals surface area contributed by atoms with E-state index >= 15 is 0 Å². The predicted octanol–water partition coefficient (Wildman–Crippen LogP) is 2.95. The number of aromatic nitrogens is 1. The molecule has 9 heteroatoms. The van der Waals surface area contributed by atoms with Gasteiger partial charge in [0.25, 0.3) is 11.2 Å². The number of methoxy groups -OCH3 is 2. The van der Waals surface area contributed by atoms with Crippen LogP contribution in [0.1, 0.15) is 22.7 Å². The minimum Gasteiger partial charge on any atom is -0.493 e. The third kappa shape index (κ3) is 4.30. The molecule has 2 aromatic carbocycles. The van der Waals surface area contributed by atoms with Crippen LogP contribution in [0.25, 0.3) is 0 Å². The highest BCUT2D eigenvalue weighted by atomic mass is 16.6. The largest absolute Gasteiger partial charge is 0.493 e. The van der Waals surface area contributed by atoms with E-state index < -0.39 is 16.5 Å². The van der Waals surface area contributed by atoms with Crippen molar-refractivity contribution in [2.45, 2.75) is 19.0 Å². The van der Waals surface area contributed by atoms with E-state index in [1.165, 1.54) is 0 Å². The van der Waals surface area contributed by atoms with Crippen molar-refractivity contribution < 1.29 is 19.2 Å². The monoisotopic (exact) mass is 449 g/mol. The van der Waals surface area contributed by atoms with Gasteiger partial charge in [-0.1, -0.05) is 30.3 Å². The first-order valence-electron chi connectivity index (χ1n) is 10.4. The molecule has 0 aliphatic carbocycles. The lowest BCUT2D eigenvalue weighted by atomic mass is 9.87. The molecule has 2 heterocycles. The lowest BCUT2D eigenvalue weighted by Gasteiger charge is -2.38. The van der Waals surface area contributed by atoms with Gasteiger partial charge in [0.1, 0.15) is 6.54 Å². The third-order valence-electron chi connectivity index (χ3n) is 5.79. The first-order valence-corrected chi connectivity index (χ1v) is 10.4. The Bertz CT molecular complexity index is 1250. The van der Waals surface area contributed by atoms with E-state index in [1.54, 1.807) is 19.1 Å². The van der Waals surface area contributed by atoms with Gasteiger partial charge in [-0.25, -0.2) is 0 Å². The molecule has 1 aromatic heterocycles. The van der Waals surface area contributed by atoms with E-state index in [9.17, 15) is 19.7 Å². The van der Waals surface area contributed by atoms with Crippen LogP contribution in [0.4, 0.5) is 5.69 Å². The predicted molar refractivity (Wildman–Crippen MR) is 121 cm³/mol. The van der Waals surface area contributed by atoms with Gasteiger partial charge in [-0.15, -0.1) is 0 Å². The number of pyridine rings is 1. The molecular formula is C24H23N3O6. The zero-order chi connectivity index (χ0) is 23.5. The Hall–Kier alpha value is -4.14. The molecule has 33 heavy (non-hydrogen) atoms.